The molecule has 4 aromatic carbocycles. The average molecular weight is 358 g/mol. The Bertz CT molecular complexity index is 1160. The van der Waals surface area contributed by atoms with E-state index in [1.165, 1.54) is 0 Å². The Morgan fingerprint density at radius 1 is 0.500 bits per heavy atom. The number of rotatable bonds is 1. The molecule has 1 aliphatic carbocycles. The van der Waals surface area contributed by atoms with E-state index in [1.807, 2.05) is 91.0 Å². The fourth-order valence-electron chi connectivity index (χ4n) is 3.98. The highest BCUT2D eigenvalue weighted by Crippen LogP contribution is 2.50. The van der Waals surface area contributed by atoms with Crippen molar-refractivity contribution in [2.45, 2.75) is 5.60 Å². The molecule has 28 heavy (non-hydrogen) atoms. The molecule has 0 amide bonds. The van der Waals surface area contributed by atoms with Crippen molar-refractivity contribution in [3.63, 3.8) is 0 Å². The van der Waals surface area contributed by atoms with E-state index in [4.69, 9.17) is 0 Å². The molecule has 1 heteroatoms. The lowest BCUT2D eigenvalue weighted by Gasteiger charge is -2.26. The fraction of sp³-hybridized carbons (Fsp3) is 0.0370. The number of benzene rings is 4. The molecule has 0 saturated heterocycles. The van der Waals surface area contributed by atoms with Gasteiger partial charge in [-0.25, -0.2) is 0 Å². The zero-order valence-electron chi connectivity index (χ0n) is 15.3. The molecule has 0 aromatic heterocycles. The van der Waals surface area contributed by atoms with Crippen molar-refractivity contribution in [3.8, 4) is 23.0 Å². The molecule has 0 saturated carbocycles. The van der Waals surface area contributed by atoms with Gasteiger partial charge in [0, 0.05) is 22.3 Å². The van der Waals surface area contributed by atoms with Crippen LogP contribution >= 0.6 is 0 Å². The predicted molar refractivity (Wildman–Crippen MR) is 113 cm³/mol. The summed E-state index contributed by atoms with van der Waals surface area (Å²) in [5.41, 5.74) is 5.67. The fourth-order valence-corrected chi connectivity index (χ4v) is 3.98. The molecular formula is C27H18O. The molecule has 4 aromatic rings. The van der Waals surface area contributed by atoms with E-state index in [1.54, 1.807) is 0 Å². The minimum atomic E-state index is -1.14. The first-order valence-electron chi connectivity index (χ1n) is 9.36. The van der Waals surface area contributed by atoms with Gasteiger partial charge in [-0.2, -0.15) is 0 Å². The summed E-state index contributed by atoms with van der Waals surface area (Å²) in [5.74, 6) is 6.38. The summed E-state index contributed by atoms with van der Waals surface area (Å²) in [7, 11) is 0. The first kappa shape index (κ1) is 16.6. The van der Waals surface area contributed by atoms with E-state index in [9.17, 15) is 5.11 Å². The van der Waals surface area contributed by atoms with Gasteiger partial charge in [0.2, 0.25) is 0 Å². The Balaban J connectivity index is 1.57. The zero-order chi connectivity index (χ0) is 19.0. The molecule has 1 aliphatic rings. The van der Waals surface area contributed by atoms with Gasteiger partial charge in [-0.15, -0.1) is 0 Å². The van der Waals surface area contributed by atoms with Crippen LogP contribution in [0.3, 0.4) is 0 Å². The summed E-state index contributed by atoms with van der Waals surface area (Å²) in [6, 6.07) is 34.0. The van der Waals surface area contributed by atoms with Crippen LogP contribution in [-0.4, -0.2) is 5.11 Å². The maximum atomic E-state index is 11.8. The molecule has 1 nitrogen and oxygen atoms in total. The largest absolute Gasteiger partial charge is 0.376 e. The van der Waals surface area contributed by atoms with E-state index in [2.05, 4.69) is 24.0 Å². The smallest absolute Gasteiger partial charge is 0.141 e. The van der Waals surface area contributed by atoms with Crippen molar-refractivity contribution in [2.24, 2.45) is 0 Å². The predicted octanol–water partition coefficient (Wildman–Crippen LogP) is 5.35. The van der Waals surface area contributed by atoms with E-state index in [0.29, 0.717) is 0 Å². The van der Waals surface area contributed by atoms with Crippen molar-refractivity contribution in [2.75, 3.05) is 0 Å². The van der Waals surface area contributed by atoms with Crippen LogP contribution in [0.4, 0.5) is 0 Å². The third-order valence-corrected chi connectivity index (χ3v) is 5.35. The van der Waals surface area contributed by atoms with Gasteiger partial charge in [0.15, 0.2) is 0 Å². The van der Waals surface area contributed by atoms with E-state index in [0.717, 1.165) is 38.9 Å². The van der Waals surface area contributed by atoms with Gasteiger partial charge in [0.25, 0.3) is 0 Å². The van der Waals surface area contributed by atoms with Gasteiger partial charge in [0.05, 0.1) is 0 Å². The summed E-state index contributed by atoms with van der Waals surface area (Å²) >= 11 is 0. The molecule has 0 atom stereocenters. The van der Waals surface area contributed by atoms with Crippen LogP contribution in [0.25, 0.3) is 11.1 Å². The maximum Gasteiger partial charge on any atom is 0.141 e. The summed E-state index contributed by atoms with van der Waals surface area (Å²) < 4.78 is 0. The number of aliphatic hydroxyl groups is 1. The molecule has 132 valence electrons. The van der Waals surface area contributed by atoms with Gasteiger partial charge in [-0.05, 0) is 41.0 Å². The Labute approximate surface area is 164 Å². The monoisotopic (exact) mass is 358 g/mol. The second kappa shape index (κ2) is 6.53. The molecule has 0 aliphatic heterocycles. The van der Waals surface area contributed by atoms with Gasteiger partial charge in [0.1, 0.15) is 5.60 Å². The molecular weight excluding hydrogens is 340 g/mol. The second-order valence-electron chi connectivity index (χ2n) is 6.99. The third-order valence-electron chi connectivity index (χ3n) is 5.35. The van der Waals surface area contributed by atoms with Crippen LogP contribution in [0.1, 0.15) is 27.8 Å². The second-order valence-corrected chi connectivity index (χ2v) is 6.99. The Kier molecular flexibility index (Phi) is 3.86. The highest BCUT2D eigenvalue weighted by atomic mass is 16.3. The summed E-state index contributed by atoms with van der Waals surface area (Å²) in [6.07, 6.45) is 0. The van der Waals surface area contributed by atoms with Crippen molar-refractivity contribution in [1.82, 2.24) is 0 Å². The highest BCUT2D eigenvalue weighted by molar-refractivity contribution is 5.82. The van der Waals surface area contributed by atoms with Crippen LogP contribution in [0.15, 0.2) is 103 Å². The average Bonchev–Trinajstić information content (AvgIpc) is 3.04. The van der Waals surface area contributed by atoms with E-state index < -0.39 is 5.60 Å². The van der Waals surface area contributed by atoms with Crippen molar-refractivity contribution in [3.05, 3.63) is 131 Å². The zero-order valence-corrected chi connectivity index (χ0v) is 15.3. The Morgan fingerprint density at radius 3 is 1.54 bits per heavy atom. The quantitative estimate of drug-likeness (QED) is 0.455. The first-order chi connectivity index (χ1) is 13.8. The van der Waals surface area contributed by atoms with Crippen molar-refractivity contribution >= 4 is 0 Å². The van der Waals surface area contributed by atoms with Crippen LogP contribution in [0, 0.1) is 11.8 Å². The normalized spacial score (nSPS) is 13.2. The van der Waals surface area contributed by atoms with Crippen molar-refractivity contribution < 1.29 is 5.11 Å². The van der Waals surface area contributed by atoms with Gasteiger partial charge < -0.3 is 5.11 Å². The minimum absolute atomic E-state index is 0.857. The number of hydrogen-bond acceptors (Lipinski definition) is 1. The van der Waals surface area contributed by atoms with Crippen LogP contribution in [0.5, 0.6) is 0 Å². The maximum absolute atomic E-state index is 11.8. The van der Waals surface area contributed by atoms with Gasteiger partial charge >= 0.3 is 0 Å². The van der Waals surface area contributed by atoms with Gasteiger partial charge in [-0.3, -0.25) is 0 Å². The van der Waals surface area contributed by atoms with E-state index in [-0.39, 0.29) is 0 Å². The first-order valence-corrected chi connectivity index (χ1v) is 9.36. The van der Waals surface area contributed by atoms with E-state index >= 15 is 0 Å². The number of hydrogen-bond donors (Lipinski definition) is 1. The Hall–Kier alpha value is -3.60. The molecule has 0 fully saturated rings. The lowest BCUT2D eigenvalue weighted by atomic mass is 9.84. The highest BCUT2D eigenvalue weighted by Gasteiger charge is 2.42. The topological polar surface area (TPSA) is 20.2 Å². The summed E-state index contributed by atoms with van der Waals surface area (Å²) in [5, 5.41) is 11.8. The summed E-state index contributed by atoms with van der Waals surface area (Å²) in [4.78, 5) is 0. The lowest BCUT2D eigenvalue weighted by Crippen LogP contribution is -2.26. The molecule has 0 bridgehead atoms. The van der Waals surface area contributed by atoms with Gasteiger partial charge in [-0.1, -0.05) is 90.7 Å². The molecule has 1 N–H and O–H groups in total. The Morgan fingerprint density at radius 2 is 0.964 bits per heavy atom. The van der Waals surface area contributed by atoms with Crippen LogP contribution in [-0.2, 0) is 5.60 Å². The number of fused-ring (bicyclic) bond motifs is 3. The standard InChI is InChI=1S/C27H18O/c28-27(25-12-6-4-10-23(25)24-11-5-7-13-26(24)27)22-18-16-21(17-19-22)15-14-20-8-2-1-3-9-20/h1-13,16-19,28H. The molecule has 0 spiro atoms. The molecule has 0 radical (unpaired) electrons. The molecule has 0 unspecified atom stereocenters. The SMILES string of the molecule is OC1(c2ccc(C#Cc3ccccc3)cc2)c2ccccc2-c2ccccc21. The van der Waals surface area contributed by atoms with Crippen molar-refractivity contribution in [1.29, 1.82) is 0 Å². The minimum Gasteiger partial charge on any atom is -0.376 e. The van der Waals surface area contributed by atoms with Crippen LogP contribution in [0.2, 0.25) is 0 Å². The lowest BCUT2D eigenvalue weighted by molar-refractivity contribution is 0.131. The third kappa shape index (κ3) is 2.55. The molecule has 5 rings (SSSR count). The summed E-state index contributed by atoms with van der Waals surface area (Å²) in [6.45, 7) is 0. The van der Waals surface area contributed by atoms with Crippen LogP contribution < -0.4 is 0 Å². The molecule has 0 heterocycles.